The average molecular weight is 408 g/mol. The number of rotatable bonds is 4. The lowest BCUT2D eigenvalue weighted by atomic mass is 10.2. The number of aromatic nitrogens is 4. The van der Waals surface area contributed by atoms with E-state index in [9.17, 15) is 9.59 Å². The highest BCUT2D eigenvalue weighted by molar-refractivity contribution is 6.30. The number of hydrogen-bond acceptors (Lipinski definition) is 4. The number of nitrogens with one attached hydrogen (secondary N) is 1. The van der Waals surface area contributed by atoms with E-state index >= 15 is 0 Å². The lowest BCUT2D eigenvalue weighted by Gasteiger charge is -2.12. The minimum absolute atomic E-state index is 0.00268. The summed E-state index contributed by atoms with van der Waals surface area (Å²) in [6.07, 6.45) is 0. The number of carbonyl (C=O) groups excluding carboxylic acids is 1. The van der Waals surface area contributed by atoms with Gasteiger partial charge in [0.2, 0.25) is 11.7 Å². The Labute approximate surface area is 171 Å². The van der Waals surface area contributed by atoms with Crippen LogP contribution in [0.4, 0.5) is 5.69 Å². The number of aryl methyl sites for hydroxylation is 2. The summed E-state index contributed by atoms with van der Waals surface area (Å²) in [5.74, 6) is 0.473. The maximum Gasteiger partial charge on any atom is 0.275 e. The minimum atomic E-state index is -0.305. The van der Waals surface area contributed by atoms with Gasteiger partial charge in [-0.2, -0.15) is 9.50 Å². The molecule has 0 spiro atoms. The summed E-state index contributed by atoms with van der Waals surface area (Å²) < 4.78 is 2.87. The quantitative estimate of drug-likeness (QED) is 0.561. The van der Waals surface area contributed by atoms with Crippen molar-refractivity contribution in [1.29, 1.82) is 0 Å². The monoisotopic (exact) mass is 407 g/mol. The van der Waals surface area contributed by atoms with Gasteiger partial charge in [-0.25, -0.2) is 0 Å². The minimum Gasteiger partial charge on any atom is -0.324 e. The lowest BCUT2D eigenvalue weighted by molar-refractivity contribution is -0.116. The van der Waals surface area contributed by atoms with Crippen LogP contribution < -0.4 is 10.9 Å². The fourth-order valence-corrected chi connectivity index (χ4v) is 3.19. The van der Waals surface area contributed by atoms with Crippen molar-refractivity contribution in [3.05, 3.63) is 81.2 Å². The van der Waals surface area contributed by atoms with Gasteiger partial charge in [-0.05, 0) is 49.7 Å². The van der Waals surface area contributed by atoms with E-state index in [0.717, 1.165) is 16.8 Å². The van der Waals surface area contributed by atoms with Gasteiger partial charge < -0.3 is 9.88 Å². The topological polar surface area (TPSA) is 81.3 Å². The molecule has 2 aromatic carbocycles. The van der Waals surface area contributed by atoms with Crippen LogP contribution in [0.3, 0.4) is 0 Å². The van der Waals surface area contributed by atoms with Gasteiger partial charge in [0.1, 0.15) is 6.54 Å². The van der Waals surface area contributed by atoms with Crippen molar-refractivity contribution < 1.29 is 4.79 Å². The van der Waals surface area contributed by atoms with Crippen molar-refractivity contribution in [2.45, 2.75) is 20.4 Å². The fraction of sp³-hybridized carbons (Fsp3) is 0.143. The number of benzene rings is 2. The van der Waals surface area contributed by atoms with Crippen LogP contribution in [0.5, 0.6) is 0 Å². The standard InChI is InChI=1S/C21H18ClN5O2/c1-13-5-3-4-6-17(13)23-18(28)12-26-14(2)11-19(29)27-21(26)24-20(25-27)15-7-9-16(22)10-8-15/h3-11H,12H2,1-2H3,(H,23,28). The Bertz CT molecular complexity index is 1270. The van der Waals surface area contributed by atoms with Crippen molar-refractivity contribution >= 4 is 29.0 Å². The molecular weight excluding hydrogens is 390 g/mol. The van der Waals surface area contributed by atoms with Gasteiger partial charge in [0, 0.05) is 28.0 Å². The van der Waals surface area contributed by atoms with Gasteiger partial charge in [0.15, 0.2) is 5.82 Å². The summed E-state index contributed by atoms with van der Waals surface area (Å²) in [4.78, 5) is 29.5. The summed E-state index contributed by atoms with van der Waals surface area (Å²) in [5.41, 5.74) is 2.76. The molecule has 0 saturated heterocycles. The number of anilines is 1. The zero-order valence-electron chi connectivity index (χ0n) is 15.9. The van der Waals surface area contributed by atoms with Crippen LogP contribution in [0, 0.1) is 13.8 Å². The largest absolute Gasteiger partial charge is 0.324 e. The Hall–Kier alpha value is -3.45. The Morgan fingerprint density at radius 3 is 2.55 bits per heavy atom. The zero-order chi connectivity index (χ0) is 20.5. The first kappa shape index (κ1) is 18.9. The Morgan fingerprint density at radius 2 is 1.83 bits per heavy atom. The van der Waals surface area contributed by atoms with Gasteiger partial charge in [-0.3, -0.25) is 9.59 Å². The van der Waals surface area contributed by atoms with E-state index in [1.54, 1.807) is 35.8 Å². The normalized spacial score (nSPS) is 11.0. The average Bonchev–Trinajstić information content (AvgIpc) is 3.13. The van der Waals surface area contributed by atoms with E-state index in [0.29, 0.717) is 22.3 Å². The summed E-state index contributed by atoms with van der Waals surface area (Å²) in [7, 11) is 0. The van der Waals surface area contributed by atoms with Crippen LogP contribution in [0.1, 0.15) is 11.3 Å². The maximum atomic E-state index is 12.6. The Kier molecular flexibility index (Phi) is 4.90. The first-order chi connectivity index (χ1) is 13.9. The highest BCUT2D eigenvalue weighted by Gasteiger charge is 2.16. The summed E-state index contributed by atoms with van der Waals surface area (Å²) in [6, 6.07) is 16.0. The number of para-hydroxylation sites is 1. The summed E-state index contributed by atoms with van der Waals surface area (Å²) >= 11 is 5.94. The number of carbonyl (C=O) groups is 1. The highest BCUT2D eigenvalue weighted by Crippen LogP contribution is 2.19. The number of fused-ring (bicyclic) bond motifs is 1. The lowest BCUT2D eigenvalue weighted by Crippen LogP contribution is -2.25. The van der Waals surface area contributed by atoms with Crippen molar-refractivity contribution in [1.82, 2.24) is 19.2 Å². The number of halogens is 1. The molecule has 0 bridgehead atoms. The van der Waals surface area contributed by atoms with Crippen LogP contribution in [0.25, 0.3) is 17.2 Å². The van der Waals surface area contributed by atoms with E-state index in [1.165, 1.54) is 10.6 Å². The summed E-state index contributed by atoms with van der Waals surface area (Å²) in [5, 5.41) is 7.81. The number of hydrogen-bond donors (Lipinski definition) is 1. The molecule has 146 valence electrons. The van der Waals surface area contributed by atoms with Crippen LogP contribution in [-0.2, 0) is 11.3 Å². The molecule has 29 heavy (non-hydrogen) atoms. The predicted octanol–water partition coefficient (Wildman–Crippen LogP) is 3.47. The smallest absolute Gasteiger partial charge is 0.275 e. The van der Waals surface area contributed by atoms with E-state index in [-0.39, 0.29) is 18.0 Å². The number of amides is 1. The van der Waals surface area contributed by atoms with Crippen LogP contribution in [0.15, 0.2) is 59.4 Å². The Morgan fingerprint density at radius 1 is 1.10 bits per heavy atom. The van der Waals surface area contributed by atoms with Gasteiger partial charge >= 0.3 is 0 Å². The molecule has 1 N–H and O–H groups in total. The second kappa shape index (κ2) is 7.52. The van der Waals surface area contributed by atoms with Gasteiger partial charge in [-0.1, -0.05) is 29.8 Å². The van der Waals surface area contributed by atoms with Crippen LogP contribution in [0.2, 0.25) is 5.02 Å². The number of nitrogens with zero attached hydrogens (tertiary/aromatic N) is 4. The highest BCUT2D eigenvalue weighted by atomic mass is 35.5. The molecular formula is C21H18ClN5O2. The molecule has 4 aromatic rings. The third-order valence-corrected chi connectivity index (χ3v) is 4.87. The molecule has 2 heterocycles. The molecule has 0 unspecified atom stereocenters. The van der Waals surface area contributed by atoms with E-state index in [2.05, 4.69) is 15.4 Å². The molecule has 0 aliphatic heterocycles. The second-order valence-electron chi connectivity index (χ2n) is 6.73. The van der Waals surface area contributed by atoms with E-state index in [1.807, 2.05) is 31.2 Å². The van der Waals surface area contributed by atoms with Crippen molar-refractivity contribution in [3.8, 4) is 11.4 Å². The van der Waals surface area contributed by atoms with Gasteiger partial charge in [-0.15, -0.1) is 5.10 Å². The second-order valence-corrected chi connectivity index (χ2v) is 7.16. The molecule has 0 atom stereocenters. The van der Waals surface area contributed by atoms with Crippen molar-refractivity contribution in [3.63, 3.8) is 0 Å². The molecule has 2 aromatic heterocycles. The molecule has 0 aliphatic carbocycles. The van der Waals surface area contributed by atoms with Crippen molar-refractivity contribution in [2.24, 2.45) is 0 Å². The SMILES string of the molecule is Cc1ccccc1NC(=O)Cn1c(C)cc(=O)n2nc(-c3ccc(Cl)cc3)nc12. The molecule has 7 nitrogen and oxygen atoms in total. The van der Waals surface area contributed by atoms with Crippen LogP contribution >= 0.6 is 11.6 Å². The Balaban J connectivity index is 1.72. The van der Waals surface area contributed by atoms with E-state index in [4.69, 9.17) is 11.6 Å². The zero-order valence-corrected chi connectivity index (χ0v) is 16.6. The maximum absolute atomic E-state index is 12.6. The third kappa shape index (κ3) is 3.77. The first-order valence-electron chi connectivity index (χ1n) is 9.01. The molecule has 0 fully saturated rings. The molecule has 8 heteroatoms. The third-order valence-electron chi connectivity index (χ3n) is 4.62. The fourth-order valence-electron chi connectivity index (χ4n) is 3.07. The molecule has 4 rings (SSSR count). The molecule has 0 aliphatic rings. The van der Waals surface area contributed by atoms with Crippen molar-refractivity contribution in [2.75, 3.05) is 5.32 Å². The molecule has 1 amide bonds. The molecule has 0 radical (unpaired) electrons. The van der Waals surface area contributed by atoms with E-state index < -0.39 is 0 Å². The molecule has 0 saturated carbocycles. The van der Waals surface area contributed by atoms with Gasteiger partial charge in [0.05, 0.1) is 0 Å². The summed E-state index contributed by atoms with van der Waals surface area (Å²) in [6.45, 7) is 3.69. The van der Waals surface area contributed by atoms with Gasteiger partial charge in [0.25, 0.3) is 5.56 Å². The van der Waals surface area contributed by atoms with Crippen LogP contribution in [-0.4, -0.2) is 25.1 Å². The predicted molar refractivity (Wildman–Crippen MR) is 112 cm³/mol. The first-order valence-corrected chi connectivity index (χ1v) is 9.39.